The molecule has 1 heterocycles. The van der Waals surface area contributed by atoms with E-state index in [2.05, 4.69) is 10.3 Å². The zero-order chi connectivity index (χ0) is 12.3. The average molecular weight is 243 g/mol. The van der Waals surface area contributed by atoms with Crippen LogP contribution in [-0.4, -0.2) is 9.97 Å². The molecule has 1 aromatic heterocycles. The summed E-state index contributed by atoms with van der Waals surface area (Å²) in [7, 11) is 0. The lowest BCUT2D eigenvalue weighted by Gasteiger charge is -2.12. The molecule has 0 aliphatic carbocycles. The Kier molecular flexibility index (Phi) is 3.35. The molecule has 0 spiro atoms. The molecule has 0 bridgehead atoms. The van der Waals surface area contributed by atoms with Gasteiger partial charge in [0.15, 0.2) is 0 Å². The Hall–Kier alpha value is -1.94. The first-order valence-electron chi connectivity index (χ1n) is 5.25. The number of para-hydroxylation sites is 1. The molecule has 2 rings (SSSR count). The van der Waals surface area contributed by atoms with E-state index in [9.17, 15) is 0 Å². The van der Waals surface area contributed by atoms with Gasteiger partial charge in [0.2, 0.25) is 0 Å². The van der Waals surface area contributed by atoms with Crippen LogP contribution in [0.3, 0.4) is 0 Å². The van der Waals surface area contributed by atoms with E-state index in [0.717, 1.165) is 22.5 Å². The number of hydrogen-bond acceptors (Lipinski definition) is 3. The van der Waals surface area contributed by atoms with E-state index in [-0.39, 0.29) is 0 Å². The van der Waals surface area contributed by atoms with Crippen LogP contribution in [0.15, 0.2) is 42.7 Å². The second-order valence-electron chi connectivity index (χ2n) is 3.73. The number of nitrogens with one attached hydrogen (secondary N) is 1. The molecule has 2 aromatic rings. The molecule has 0 atom stereocenters. The van der Waals surface area contributed by atoms with Gasteiger partial charge in [-0.3, -0.25) is 4.98 Å². The monoisotopic (exact) mass is 243 g/mol. The van der Waals surface area contributed by atoms with Crippen molar-refractivity contribution in [1.29, 1.82) is 0 Å². The van der Waals surface area contributed by atoms with Gasteiger partial charge in [-0.15, -0.1) is 0 Å². The molecule has 3 nitrogen and oxygen atoms in total. The Bertz CT molecular complexity index is 552. The molecule has 3 N–H and O–H groups in total. The Morgan fingerprint density at radius 3 is 2.71 bits per heavy atom. The van der Waals surface area contributed by atoms with Crippen molar-refractivity contribution in [3.05, 3.63) is 53.9 Å². The lowest BCUT2D eigenvalue weighted by atomic mass is 10.1. The predicted molar refractivity (Wildman–Crippen MR) is 74.6 cm³/mol. The number of aryl methyl sites for hydroxylation is 1. The third-order valence-electron chi connectivity index (χ3n) is 2.50. The van der Waals surface area contributed by atoms with Crippen molar-refractivity contribution in [3.8, 4) is 0 Å². The highest BCUT2D eigenvalue weighted by Gasteiger charge is 2.05. The second-order valence-corrected chi connectivity index (χ2v) is 4.17. The normalized spacial score (nSPS) is 9.94. The van der Waals surface area contributed by atoms with Gasteiger partial charge in [0, 0.05) is 17.4 Å². The number of nitrogens with zero attached hydrogens (tertiary/aromatic N) is 1. The molecular weight excluding hydrogens is 230 g/mol. The van der Waals surface area contributed by atoms with Crippen molar-refractivity contribution in [3.63, 3.8) is 0 Å². The maximum atomic E-state index is 5.67. The number of hydrogen-bond donors (Lipinski definition) is 2. The maximum Gasteiger partial charge on any atom is 0.106 e. The van der Waals surface area contributed by atoms with Crippen LogP contribution >= 0.6 is 12.2 Å². The zero-order valence-electron chi connectivity index (χ0n) is 9.47. The molecule has 0 fully saturated rings. The third-order valence-corrected chi connectivity index (χ3v) is 2.72. The van der Waals surface area contributed by atoms with Gasteiger partial charge in [-0.2, -0.15) is 0 Å². The summed E-state index contributed by atoms with van der Waals surface area (Å²) in [4.78, 5) is 4.44. The van der Waals surface area contributed by atoms with Crippen molar-refractivity contribution in [2.75, 3.05) is 5.32 Å². The fourth-order valence-electron chi connectivity index (χ4n) is 1.57. The Morgan fingerprint density at radius 1 is 1.24 bits per heavy atom. The van der Waals surface area contributed by atoms with Crippen LogP contribution in [0.2, 0.25) is 0 Å². The van der Waals surface area contributed by atoms with Crippen molar-refractivity contribution >= 4 is 28.6 Å². The molecule has 0 saturated heterocycles. The maximum absolute atomic E-state index is 5.67. The number of benzene rings is 1. The Labute approximate surface area is 106 Å². The van der Waals surface area contributed by atoms with Gasteiger partial charge in [0.1, 0.15) is 4.99 Å². The van der Waals surface area contributed by atoms with Gasteiger partial charge in [0.05, 0.1) is 11.9 Å². The van der Waals surface area contributed by atoms with Crippen molar-refractivity contribution in [2.24, 2.45) is 5.73 Å². The van der Waals surface area contributed by atoms with Gasteiger partial charge in [-0.25, -0.2) is 0 Å². The summed E-state index contributed by atoms with van der Waals surface area (Å²) in [5.74, 6) is 0. The highest BCUT2D eigenvalue weighted by molar-refractivity contribution is 7.80. The molecule has 0 amide bonds. The van der Waals surface area contributed by atoms with Crippen LogP contribution < -0.4 is 11.1 Å². The molecule has 0 unspecified atom stereocenters. The number of anilines is 2. The summed E-state index contributed by atoms with van der Waals surface area (Å²) in [6.07, 6.45) is 3.40. The largest absolute Gasteiger partial charge is 0.389 e. The minimum Gasteiger partial charge on any atom is -0.389 e. The summed E-state index contributed by atoms with van der Waals surface area (Å²) >= 11 is 5.01. The predicted octanol–water partition coefficient (Wildman–Crippen LogP) is 2.77. The van der Waals surface area contributed by atoms with Crippen molar-refractivity contribution in [1.82, 2.24) is 4.98 Å². The van der Waals surface area contributed by atoms with Gasteiger partial charge in [0.25, 0.3) is 0 Å². The zero-order valence-corrected chi connectivity index (χ0v) is 10.3. The Balaban J connectivity index is 2.37. The fraction of sp³-hybridized carbons (Fsp3) is 0.0769. The van der Waals surface area contributed by atoms with Gasteiger partial charge in [-0.1, -0.05) is 30.4 Å². The number of nitrogens with two attached hydrogens (primary N) is 1. The molecule has 0 aliphatic rings. The topological polar surface area (TPSA) is 50.9 Å². The smallest absolute Gasteiger partial charge is 0.106 e. The minimum absolute atomic E-state index is 0.364. The van der Waals surface area contributed by atoms with Gasteiger partial charge >= 0.3 is 0 Å². The Morgan fingerprint density at radius 2 is 2.00 bits per heavy atom. The standard InChI is InChI=1S/C13H13N3S/c1-9-4-2-3-5-11(9)16-12-8-15-7-6-10(12)13(14)17/h2-8,16H,1H3,(H2,14,17). The molecule has 17 heavy (non-hydrogen) atoms. The van der Waals surface area contributed by atoms with Crippen molar-refractivity contribution < 1.29 is 0 Å². The van der Waals surface area contributed by atoms with E-state index >= 15 is 0 Å². The van der Waals surface area contributed by atoms with E-state index in [0.29, 0.717) is 4.99 Å². The van der Waals surface area contributed by atoms with Gasteiger partial charge in [-0.05, 0) is 24.6 Å². The van der Waals surface area contributed by atoms with Crippen LogP contribution in [0.5, 0.6) is 0 Å². The number of thiocarbonyl (C=S) groups is 1. The van der Waals surface area contributed by atoms with Crippen LogP contribution in [0.25, 0.3) is 0 Å². The molecule has 0 radical (unpaired) electrons. The van der Waals surface area contributed by atoms with Crippen LogP contribution in [0, 0.1) is 6.92 Å². The number of aromatic nitrogens is 1. The van der Waals surface area contributed by atoms with E-state index in [4.69, 9.17) is 18.0 Å². The van der Waals surface area contributed by atoms with E-state index in [1.54, 1.807) is 12.4 Å². The summed E-state index contributed by atoms with van der Waals surface area (Å²) in [6, 6.07) is 9.83. The number of rotatable bonds is 3. The highest BCUT2D eigenvalue weighted by atomic mass is 32.1. The van der Waals surface area contributed by atoms with Crippen LogP contribution in [0.4, 0.5) is 11.4 Å². The molecule has 0 aliphatic heterocycles. The highest BCUT2D eigenvalue weighted by Crippen LogP contribution is 2.22. The first kappa shape index (κ1) is 11.5. The first-order chi connectivity index (χ1) is 8.18. The molecule has 4 heteroatoms. The lowest BCUT2D eigenvalue weighted by Crippen LogP contribution is -2.12. The van der Waals surface area contributed by atoms with E-state index in [1.807, 2.05) is 37.3 Å². The van der Waals surface area contributed by atoms with E-state index < -0.39 is 0 Å². The van der Waals surface area contributed by atoms with Gasteiger partial charge < -0.3 is 11.1 Å². The third kappa shape index (κ3) is 2.60. The molecule has 0 saturated carbocycles. The minimum atomic E-state index is 0.364. The SMILES string of the molecule is Cc1ccccc1Nc1cnccc1C(N)=S. The van der Waals surface area contributed by atoms with Crippen molar-refractivity contribution in [2.45, 2.75) is 6.92 Å². The second kappa shape index (κ2) is 4.93. The fourth-order valence-corrected chi connectivity index (χ4v) is 1.75. The van der Waals surface area contributed by atoms with Crippen LogP contribution in [-0.2, 0) is 0 Å². The quantitative estimate of drug-likeness (QED) is 0.814. The molecule has 1 aromatic carbocycles. The lowest BCUT2D eigenvalue weighted by molar-refractivity contribution is 1.31. The summed E-state index contributed by atoms with van der Waals surface area (Å²) in [6.45, 7) is 2.04. The summed E-state index contributed by atoms with van der Waals surface area (Å²) < 4.78 is 0. The summed E-state index contributed by atoms with van der Waals surface area (Å²) in [5, 5.41) is 3.29. The average Bonchev–Trinajstić information content (AvgIpc) is 2.32. The first-order valence-corrected chi connectivity index (χ1v) is 5.66. The number of pyridine rings is 1. The van der Waals surface area contributed by atoms with Crippen LogP contribution in [0.1, 0.15) is 11.1 Å². The van der Waals surface area contributed by atoms with E-state index in [1.165, 1.54) is 0 Å². The summed E-state index contributed by atoms with van der Waals surface area (Å²) in [5.41, 5.74) is 9.49. The molecule has 86 valence electrons. The molecular formula is C13H13N3S.